The standard InChI is InChI=1S/C20H21NO4S/c1-3-25-19-10-6-16(7-11-19)20(22)21(17-8-4-15(2)5-9-17)18-12-13-26(23,24)14-18/h4-13,18H,3,14H2,1-2H3/t18-/m1/s1. The number of amides is 1. The van der Waals surface area contributed by atoms with Crippen LogP contribution in [0.5, 0.6) is 5.75 Å². The largest absolute Gasteiger partial charge is 0.494 e. The Labute approximate surface area is 153 Å². The van der Waals surface area contributed by atoms with E-state index in [1.165, 1.54) is 10.3 Å². The lowest BCUT2D eigenvalue weighted by Gasteiger charge is -2.28. The molecule has 0 saturated heterocycles. The number of aryl methyl sites for hydroxylation is 1. The molecule has 3 rings (SSSR count). The Morgan fingerprint density at radius 3 is 2.31 bits per heavy atom. The average Bonchev–Trinajstić information content (AvgIpc) is 2.97. The van der Waals surface area contributed by atoms with Crippen molar-refractivity contribution in [2.24, 2.45) is 0 Å². The van der Waals surface area contributed by atoms with Crippen LogP contribution in [0.25, 0.3) is 0 Å². The first-order valence-corrected chi connectivity index (χ1v) is 10.2. The molecule has 5 nitrogen and oxygen atoms in total. The normalized spacial score (nSPS) is 17.8. The van der Waals surface area contributed by atoms with Crippen molar-refractivity contribution in [2.45, 2.75) is 19.9 Å². The van der Waals surface area contributed by atoms with Crippen LogP contribution in [-0.4, -0.2) is 32.7 Å². The van der Waals surface area contributed by atoms with Crippen LogP contribution >= 0.6 is 0 Å². The Bertz CT molecular complexity index is 915. The van der Waals surface area contributed by atoms with Gasteiger partial charge in [0.25, 0.3) is 5.91 Å². The summed E-state index contributed by atoms with van der Waals surface area (Å²) in [5.41, 5.74) is 2.21. The van der Waals surface area contributed by atoms with Gasteiger partial charge in [-0.15, -0.1) is 0 Å². The fourth-order valence-corrected chi connectivity index (χ4v) is 4.15. The molecule has 1 aliphatic rings. The molecule has 0 bridgehead atoms. The summed E-state index contributed by atoms with van der Waals surface area (Å²) in [6, 6.07) is 13.8. The molecule has 2 aromatic carbocycles. The molecule has 1 heterocycles. The number of anilines is 1. The Morgan fingerprint density at radius 2 is 1.77 bits per heavy atom. The van der Waals surface area contributed by atoms with Gasteiger partial charge in [0.1, 0.15) is 5.75 Å². The monoisotopic (exact) mass is 371 g/mol. The highest BCUT2D eigenvalue weighted by Gasteiger charge is 2.32. The zero-order valence-corrected chi connectivity index (χ0v) is 15.6. The van der Waals surface area contributed by atoms with Crippen LogP contribution in [0.1, 0.15) is 22.8 Å². The van der Waals surface area contributed by atoms with Crippen molar-refractivity contribution in [1.82, 2.24) is 0 Å². The Kier molecular flexibility index (Phi) is 5.13. The fraction of sp³-hybridized carbons (Fsp3) is 0.250. The smallest absolute Gasteiger partial charge is 0.258 e. The molecule has 0 radical (unpaired) electrons. The Balaban J connectivity index is 1.95. The van der Waals surface area contributed by atoms with E-state index < -0.39 is 15.9 Å². The van der Waals surface area contributed by atoms with Gasteiger partial charge in [-0.3, -0.25) is 4.79 Å². The molecule has 0 saturated carbocycles. The fourth-order valence-electron chi connectivity index (χ4n) is 2.88. The highest BCUT2D eigenvalue weighted by Crippen LogP contribution is 2.26. The van der Waals surface area contributed by atoms with E-state index in [0.717, 1.165) is 5.56 Å². The number of ether oxygens (including phenoxy) is 1. The van der Waals surface area contributed by atoms with Gasteiger partial charge in [0.05, 0.1) is 18.4 Å². The van der Waals surface area contributed by atoms with Gasteiger partial charge < -0.3 is 9.64 Å². The van der Waals surface area contributed by atoms with Crippen LogP contribution in [0.4, 0.5) is 5.69 Å². The van der Waals surface area contributed by atoms with E-state index in [-0.39, 0.29) is 11.7 Å². The van der Waals surface area contributed by atoms with Gasteiger partial charge in [-0.1, -0.05) is 17.7 Å². The molecule has 1 aliphatic heterocycles. The number of nitrogens with zero attached hydrogens (tertiary/aromatic N) is 1. The second kappa shape index (κ2) is 7.33. The highest BCUT2D eigenvalue weighted by molar-refractivity contribution is 7.94. The number of hydrogen-bond donors (Lipinski definition) is 0. The summed E-state index contributed by atoms with van der Waals surface area (Å²) in [6.07, 6.45) is 1.57. The van der Waals surface area contributed by atoms with Gasteiger partial charge in [0.2, 0.25) is 0 Å². The third-order valence-electron chi connectivity index (χ3n) is 4.19. The molecule has 0 aliphatic carbocycles. The zero-order valence-electron chi connectivity index (χ0n) is 14.8. The number of benzene rings is 2. The molecule has 0 N–H and O–H groups in total. The van der Waals surface area contributed by atoms with Crippen molar-refractivity contribution in [2.75, 3.05) is 17.3 Å². The molecule has 6 heteroatoms. The van der Waals surface area contributed by atoms with Crippen molar-refractivity contribution in [3.8, 4) is 5.75 Å². The number of rotatable bonds is 5. The van der Waals surface area contributed by atoms with Crippen LogP contribution in [0.15, 0.2) is 60.0 Å². The third kappa shape index (κ3) is 3.96. The molecule has 1 atom stereocenters. The zero-order chi connectivity index (χ0) is 18.7. The van der Waals surface area contributed by atoms with Crippen LogP contribution in [0, 0.1) is 6.92 Å². The molecule has 1 amide bonds. The molecule has 0 fully saturated rings. The van der Waals surface area contributed by atoms with E-state index in [2.05, 4.69) is 0 Å². The number of sulfone groups is 1. The van der Waals surface area contributed by atoms with Gasteiger partial charge in [-0.05, 0) is 56.3 Å². The highest BCUT2D eigenvalue weighted by atomic mass is 32.2. The van der Waals surface area contributed by atoms with Crippen molar-refractivity contribution in [1.29, 1.82) is 0 Å². The first-order valence-electron chi connectivity index (χ1n) is 8.43. The molecule has 136 valence electrons. The Hall–Kier alpha value is -2.60. The predicted molar refractivity (Wildman–Crippen MR) is 102 cm³/mol. The van der Waals surface area contributed by atoms with Crippen molar-refractivity contribution in [3.63, 3.8) is 0 Å². The van der Waals surface area contributed by atoms with Gasteiger partial charge >= 0.3 is 0 Å². The quantitative estimate of drug-likeness (QED) is 0.809. The van der Waals surface area contributed by atoms with Gasteiger partial charge in [-0.2, -0.15) is 0 Å². The third-order valence-corrected chi connectivity index (χ3v) is 5.56. The Morgan fingerprint density at radius 1 is 1.12 bits per heavy atom. The maximum Gasteiger partial charge on any atom is 0.258 e. The second-order valence-corrected chi connectivity index (χ2v) is 8.12. The van der Waals surface area contributed by atoms with E-state index in [9.17, 15) is 13.2 Å². The van der Waals surface area contributed by atoms with Crippen molar-refractivity contribution < 1.29 is 17.9 Å². The molecule has 0 aromatic heterocycles. The van der Waals surface area contributed by atoms with Gasteiger partial charge in [0.15, 0.2) is 9.84 Å². The van der Waals surface area contributed by atoms with Crippen molar-refractivity contribution in [3.05, 3.63) is 71.1 Å². The van der Waals surface area contributed by atoms with Crippen LogP contribution in [0.3, 0.4) is 0 Å². The minimum Gasteiger partial charge on any atom is -0.494 e. The number of carbonyl (C=O) groups is 1. The van der Waals surface area contributed by atoms with E-state index >= 15 is 0 Å². The minimum absolute atomic E-state index is 0.107. The second-order valence-electron chi connectivity index (χ2n) is 6.19. The molecule has 0 unspecified atom stereocenters. The molecule has 26 heavy (non-hydrogen) atoms. The minimum atomic E-state index is -3.28. The van der Waals surface area contributed by atoms with Gasteiger partial charge in [-0.25, -0.2) is 8.42 Å². The van der Waals surface area contributed by atoms with Gasteiger partial charge in [0, 0.05) is 16.7 Å². The summed E-state index contributed by atoms with van der Waals surface area (Å²) < 4.78 is 29.1. The lowest BCUT2D eigenvalue weighted by atomic mass is 10.1. The summed E-state index contributed by atoms with van der Waals surface area (Å²) in [4.78, 5) is 14.7. The predicted octanol–water partition coefficient (Wildman–Crippen LogP) is 3.35. The molecular formula is C20H21NO4S. The summed E-state index contributed by atoms with van der Waals surface area (Å²) >= 11 is 0. The van der Waals surface area contributed by atoms with Crippen molar-refractivity contribution >= 4 is 21.4 Å². The van der Waals surface area contributed by atoms with Crippen LogP contribution in [0.2, 0.25) is 0 Å². The van der Waals surface area contributed by atoms with Crippen LogP contribution < -0.4 is 9.64 Å². The average molecular weight is 371 g/mol. The lowest BCUT2D eigenvalue weighted by molar-refractivity contribution is 0.0983. The SMILES string of the molecule is CCOc1ccc(C(=O)N(c2ccc(C)cc2)[C@@H]2C=CS(=O)(=O)C2)cc1. The van der Waals surface area contributed by atoms with E-state index in [1.807, 2.05) is 38.1 Å². The van der Waals surface area contributed by atoms with E-state index in [4.69, 9.17) is 4.74 Å². The topological polar surface area (TPSA) is 63.7 Å². The first kappa shape index (κ1) is 18.2. The molecular weight excluding hydrogens is 350 g/mol. The lowest BCUT2D eigenvalue weighted by Crippen LogP contribution is -2.41. The maximum atomic E-state index is 13.2. The molecule has 2 aromatic rings. The number of hydrogen-bond acceptors (Lipinski definition) is 4. The van der Waals surface area contributed by atoms with E-state index in [0.29, 0.717) is 23.6 Å². The summed E-state index contributed by atoms with van der Waals surface area (Å²) in [6.45, 7) is 4.40. The first-order chi connectivity index (χ1) is 12.4. The summed E-state index contributed by atoms with van der Waals surface area (Å²) in [5.74, 6) is 0.335. The number of carbonyl (C=O) groups excluding carboxylic acids is 1. The van der Waals surface area contributed by atoms with E-state index in [1.54, 1.807) is 30.3 Å². The summed E-state index contributed by atoms with van der Waals surface area (Å²) in [5, 5.41) is 1.18. The molecule has 0 spiro atoms. The summed E-state index contributed by atoms with van der Waals surface area (Å²) in [7, 11) is -3.28. The van der Waals surface area contributed by atoms with Crippen LogP contribution in [-0.2, 0) is 9.84 Å². The maximum absolute atomic E-state index is 13.2.